The molecule has 4 aromatic rings. The molecule has 0 bridgehead atoms. The molecule has 0 saturated heterocycles. The maximum atomic E-state index is 13.9. The van der Waals surface area contributed by atoms with Crippen LogP contribution < -0.4 is 4.90 Å². The highest BCUT2D eigenvalue weighted by atomic mass is 16.5. The molecule has 2 aromatic carbocycles. The van der Waals surface area contributed by atoms with E-state index in [1.165, 1.54) is 0 Å². The Kier molecular flexibility index (Phi) is 5.62. The lowest BCUT2D eigenvalue weighted by atomic mass is 9.89. The SMILES string of the molecule is CCCCCN1C(=O)[C@@H](C(=O)OCC)[C@@H](c2c[nH]c3ccccc23)n2c1nc1ccccc12. The number of ether oxygens (including phenoxy) is 1. The monoisotopic (exact) mass is 444 g/mol. The van der Waals surface area contributed by atoms with E-state index in [2.05, 4.69) is 16.5 Å². The van der Waals surface area contributed by atoms with E-state index in [0.717, 1.165) is 46.8 Å². The molecule has 7 nitrogen and oxygen atoms in total. The highest BCUT2D eigenvalue weighted by molar-refractivity contribution is 6.09. The fraction of sp³-hybridized carbons (Fsp3) is 0.346. The Bertz CT molecular complexity index is 1320. The largest absolute Gasteiger partial charge is 0.465 e. The number of rotatable bonds is 7. The number of benzene rings is 2. The first kappa shape index (κ1) is 21.2. The Morgan fingerprint density at radius 2 is 1.88 bits per heavy atom. The van der Waals surface area contributed by atoms with Gasteiger partial charge in [0.2, 0.25) is 11.9 Å². The minimum Gasteiger partial charge on any atom is -0.465 e. The normalized spacial score (nSPS) is 18.1. The van der Waals surface area contributed by atoms with Crippen molar-refractivity contribution in [2.24, 2.45) is 5.92 Å². The van der Waals surface area contributed by atoms with E-state index < -0.39 is 17.9 Å². The summed E-state index contributed by atoms with van der Waals surface area (Å²) in [6.07, 6.45) is 4.79. The number of esters is 1. The minimum atomic E-state index is -0.990. The highest BCUT2D eigenvalue weighted by Crippen LogP contribution is 2.43. The first-order valence-electron chi connectivity index (χ1n) is 11.7. The van der Waals surface area contributed by atoms with Crippen molar-refractivity contribution in [2.75, 3.05) is 18.1 Å². The Labute approximate surface area is 192 Å². The summed E-state index contributed by atoms with van der Waals surface area (Å²) in [4.78, 5) is 37.0. The lowest BCUT2D eigenvalue weighted by molar-refractivity contribution is -0.153. The first-order chi connectivity index (χ1) is 16.2. The van der Waals surface area contributed by atoms with Crippen molar-refractivity contribution in [3.63, 3.8) is 0 Å². The van der Waals surface area contributed by atoms with Gasteiger partial charge >= 0.3 is 5.97 Å². The van der Waals surface area contributed by atoms with Crippen molar-refractivity contribution in [3.05, 3.63) is 60.3 Å². The van der Waals surface area contributed by atoms with Gasteiger partial charge in [-0.2, -0.15) is 0 Å². The van der Waals surface area contributed by atoms with Crippen molar-refractivity contribution >= 4 is 39.8 Å². The number of hydrogen-bond acceptors (Lipinski definition) is 4. The lowest BCUT2D eigenvalue weighted by Crippen LogP contribution is -2.50. The van der Waals surface area contributed by atoms with Crippen LogP contribution in [0.1, 0.15) is 44.7 Å². The minimum absolute atomic E-state index is 0.219. The van der Waals surface area contributed by atoms with E-state index in [0.29, 0.717) is 12.5 Å². The van der Waals surface area contributed by atoms with Gasteiger partial charge < -0.3 is 14.3 Å². The van der Waals surface area contributed by atoms with E-state index >= 15 is 0 Å². The van der Waals surface area contributed by atoms with Crippen LogP contribution in [0.4, 0.5) is 5.95 Å². The number of aromatic amines is 1. The van der Waals surface area contributed by atoms with Crippen molar-refractivity contribution in [2.45, 2.75) is 39.2 Å². The first-order valence-corrected chi connectivity index (χ1v) is 11.7. The molecule has 0 spiro atoms. The van der Waals surface area contributed by atoms with E-state index in [1.54, 1.807) is 11.8 Å². The number of fused-ring (bicyclic) bond motifs is 4. The van der Waals surface area contributed by atoms with E-state index in [1.807, 2.05) is 54.7 Å². The number of anilines is 1. The molecule has 2 atom stereocenters. The van der Waals surface area contributed by atoms with Crippen LogP contribution in [0.15, 0.2) is 54.7 Å². The fourth-order valence-electron chi connectivity index (χ4n) is 4.90. The zero-order chi connectivity index (χ0) is 22.9. The molecule has 0 saturated carbocycles. The fourth-order valence-corrected chi connectivity index (χ4v) is 4.90. The molecule has 0 radical (unpaired) electrons. The molecule has 2 aromatic heterocycles. The van der Waals surface area contributed by atoms with Gasteiger partial charge in [-0.15, -0.1) is 0 Å². The zero-order valence-corrected chi connectivity index (χ0v) is 19.0. The molecule has 0 unspecified atom stereocenters. The molecule has 5 rings (SSSR count). The summed E-state index contributed by atoms with van der Waals surface area (Å²) >= 11 is 0. The number of nitrogens with one attached hydrogen (secondary N) is 1. The van der Waals surface area contributed by atoms with Gasteiger partial charge in [-0.25, -0.2) is 4.98 Å². The summed E-state index contributed by atoms with van der Waals surface area (Å²) in [6, 6.07) is 15.2. The smallest absolute Gasteiger partial charge is 0.321 e. The Morgan fingerprint density at radius 1 is 1.09 bits per heavy atom. The van der Waals surface area contributed by atoms with Crippen molar-refractivity contribution in [1.29, 1.82) is 0 Å². The van der Waals surface area contributed by atoms with E-state index in [9.17, 15) is 9.59 Å². The quantitative estimate of drug-likeness (QED) is 0.252. The highest BCUT2D eigenvalue weighted by Gasteiger charge is 2.48. The molecular formula is C26H28N4O3. The second-order valence-electron chi connectivity index (χ2n) is 8.43. The van der Waals surface area contributed by atoms with Crippen molar-refractivity contribution in [1.82, 2.24) is 14.5 Å². The number of para-hydroxylation sites is 3. The number of hydrogen-bond donors (Lipinski definition) is 1. The second-order valence-corrected chi connectivity index (χ2v) is 8.43. The number of carbonyl (C=O) groups excluding carboxylic acids is 2. The van der Waals surface area contributed by atoms with E-state index in [4.69, 9.17) is 9.72 Å². The van der Waals surface area contributed by atoms with Crippen LogP contribution in [0.5, 0.6) is 0 Å². The predicted octanol–water partition coefficient (Wildman–Crippen LogP) is 4.82. The number of amides is 1. The van der Waals surface area contributed by atoms with Gasteiger partial charge in [-0.05, 0) is 31.5 Å². The molecule has 0 aliphatic carbocycles. The molecule has 0 fully saturated rings. The number of aromatic nitrogens is 3. The van der Waals surface area contributed by atoms with Crippen LogP contribution in [-0.2, 0) is 14.3 Å². The maximum absolute atomic E-state index is 13.9. The van der Waals surface area contributed by atoms with Crippen LogP contribution in [0.2, 0.25) is 0 Å². The van der Waals surface area contributed by atoms with Crippen LogP contribution in [0, 0.1) is 5.92 Å². The van der Waals surface area contributed by atoms with Gasteiger partial charge in [-0.3, -0.25) is 14.5 Å². The molecule has 1 aliphatic rings. The molecule has 7 heteroatoms. The van der Waals surface area contributed by atoms with Gasteiger partial charge in [0.1, 0.15) is 0 Å². The van der Waals surface area contributed by atoms with Gasteiger partial charge in [-0.1, -0.05) is 50.1 Å². The summed E-state index contributed by atoms with van der Waals surface area (Å²) in [5, 5.41) is 0.979. The lowest BCUT2D eigenvalue weighted by Gasteiger charge is -2.37. The van der Waals surface area contributed by atoms with Gasteiger partial charge in [0.05, 0.1) is 23.7 Å². The Hall–Kier alpha value is -3.61. The summed E-state index contributed by atoms with van der Waals surface area (Å²) < 4.78 is 7.49. The molecule has 33 heavy (non-hydrogen) atoms. The Morgan fingerprint density at radius 3 is 2.70 bits per heavy atom. The molecule has 1 amide bonds. The van der Waals surface area contributed by atoms with Crippen molar-refractivity contribution < 1.29 is 14.3 Å². The predicted molar refractivity (Wildman–Crippen MR) is 128 cm³/mol. The van der Waals surface area contributed by atoms with Crippen LogP contribution in [0.3, 0.4) is 0 Å². The molecule has 1 N–H and O–H groups in total. The van der Waals surface area contributed by atoms with Crippen LogP contribution in [-0.4, -0.2) is 39.6 Å². The molecule has 3 heterocycles. The number of imidazole rings is 1. The van der Waals surface area contributed by atoms with Crippen molar-refractivity contribution in [3.8, 4) is 0 Å². The Balaban J connectivity index is 1.76. The second kappa shape index (κ2) is 8.73. The number of H-pyrrole nitrogens is 1. The summed E-state index contributed by atoms with van der Waals surface area (Å²) in [5.74, 6) is -1.15. The van der Waals surface area contributed by atoms with Gasteiger partial charge in [0.25, 0.3) is 0 Å². The standard InChI is InChI=1S/C26H28N4O3/c1-3-5-10-15-29-24(31)22(25(32)33-4-2)23(18-16-27-19-12-7-6-11-17(18)19)30-21-14-9-8-13-20(21)28-26(29)30/h6-9,11-14,16,22-23,27H,3-5,10,15H2,1-2H3/t22-,23+/m0/s1. The number of nitrogens with zero attached hydrogens (tertiary/aromatic N) is 3. The average molecular weight is 445 g/mol. The third kappa shape index (κ3) is 3.48. The van der Waals surface area contributed by atoms with Gasteiger partial charge in [0.15, 0.2) is 5.92 Å². The number of unbranched alkanes of at least 4 members (excludes halogenated alkanes) is 2. The van der Waals surface area contributed by atoms with Crippen LogP contribution in [0.25, 0.3) is 21.9 Å². The zero-order valence-electron chi connectivity index (χ0n) is 19.0. The summed E-state index contributed by atoms with van der Waals surface area (Å²) in [7, 11) is 0. The topological polar surface area (TPSA) is 80.2 Å². The molecule has 170 valence electrons. The van der Waals surface area contributed by atoms with E-state index in [-0.39, 0.29) is 12.5 Å². The third-order valence-electron chi connectivity index (χ3n) is 6.41. The summed E-state index contributed by atoms with van der Waals surface area (Å²) in [6.45, 7) is 4.63. The molecule has 1 aliphatic heterocycles. The maximum Gasteiger partial charge on any atom is 0.321 e. The number of carbonyl (C=O) groups is 2. The van der Waals surface area contributed by atoms with Gasteiger partial charge in [0, 0.05) is 29.2 Å². The summed E-state index contributed by atoms with van der Waals surface area (Å²) in [5.41, 5.74) is 3.54. The third-order valence-corrected chi connectivity index (χ3v) is 6.41. The average Bonchev–Trinajstić information content (AvgIpc) is 3.42. The van der Waals surface area contributed by atoms with Crippen LogP contribution >= 0.6 is 0 Å². The molecular weight excluding hydrogens is 416 g/mol.